The topological polar surface area (TPSA) is 117 Å². The normalized spacial score (nSPS) is 54.6. The van der Waals surface area contributed by atoms with Crippen LogP contribution in [0.15, 0.2) is 11.6 Å². The maximum absolute atomic E-state index is 14.4. The van der Waals surface area contributed by atoms with Gasteiger partial charge >= 0.3 is 5.97 Å². The Morgan fingerprint density at radius 3 is 2.37 bits per heavy atom. The molecular weight excluding hydrogens is 482 g/mol. The molecule has 1 N–H and O–H groups in total. The number of carbonyl (C=O) groups is 3. The molecule has 1 unspecified atom stereocenters. The summed E-state index contributed by atoms with van der Waals surface area (Å²) in [6, 6.07) is 2.06. The summed E-state index contributed by atoms with van der Waals surface area (Å²) in [6.45, 7) is 16.3. The molecule has 0 aromatic carbocycles. The molecule has 0 radical (unpaired) electrons. The largest absolute Gasteiger partial charge is 0.449 e. The highest BCUT2D eigenvalue weighted by atomic mass is 16.6. The quantitative estimate of drug-likeness (QED) is 0.419. The number of hydrogen-bond acceptors (Lipinski definition) is 7. The van der Waals surface area contributed by atoms with E-state index in [9.17, 15) is 24.8 Å². The van der Waals surface area contributed by atoms with E-state index in [0.717, 1.165) is 12.0 Å². The van der Waals surface area contributed by atoms with Gasteiger partial charge in [0.2, 0.25) is 11.4 Å². The number of rotatable bonds is 2. The molecule has 206 valence electrons. The minimum atomic E-state index is -1.75. The molecule has 2 saturated heterocycles. The number of fused-ring (bicyclic) bond motifs is 7. The predicted molar refractivity (Wildman–Crippen MR) is 137 cm³/mol. The lowest BCUT2D eigenvalue weighted by atomic mass is 9.34. The molecule has 7 heteroatoms. The standard InChI is InChI=1S/C31H41NO6/c1-17-29(13-11-24(2,3)4)14-12-26(6)25(5)10-9-18-27(7,19(25)15-20(33)31(17,26)38-23(29)35)22-30(16-32,37-22)21(34)28(18,8)36/h15,17-18,22,36H,9-14H2,1-8H3/t17?,18-,22-,25-,26+,27+,28+,29+,30+,31-/m1/s1. The van der Waals surface area contributed by atoms with E-state index in [2.05, 4.69) is 40.7 Å². The van der Waals surface area contributed by atoms with E-state index >= 15 is 0 Å². The summed E-state index contributed by atoms with van der Waals surface area (Å²) >= 11 is 0. The summed E-state index contributed by atoms with van der Waals surface area (Å²) in [5.41, 5.74) is -6.59. The van der Waals surface area contributed by atoms with Gasteiger partial charge in [0.1, 0.15) is 17.8 Å². The molecule has 4 aliphatic carbocycles. The van der Waals surface area contributed by atoms with E-state index in [1.165, 1.54) is 6.92 Å². The number of aliphatic hydroxyl groups is 1. The molecule has 2 bridgehead atoms. The van der Waals surface area contributed by atoms with Crippen molar-refractivity contribution in [2.75, 3.05) is 0 Å². The highest BCUT2D eigenvalue weighted by Crippen LogP contribution is 2.78. The molecule has 3 saturated carbocycles. The first-order valence-electron chi connectivity index (χ1n) is 14.2. The van der Waals surface area contributed by atoms with Crippen molar-refractivity contribution in [1.82, 2.24) is 0 Å². The zero-order valence-electron chi connectivity index (χ0n) is 24.0. The summed E-state index contributed by atoms with van der Waals surface area (Å²) in [5, 5.41) is 21.5. The zero-order chi connectivity index (χ0) is 28.1. The van der Waals surface area contributed by atoms with Crippen molar-refractivity contribution in [2.24, 2.45) is 38.9 Å². The molecule has 0 amide bonds. The molecule has 38 heavy (non-hydrogen) atoms. The lowest BCUT2D eigenvalue weighted by molar-refractivity contribution is -0.204. The van der Waals surface area contributed by atoms with Gasteiger partial charge in [-0.15, -0.1) is 0 Å². The molecule has 7 nitrogen and oxygen atoms in total. The number of hydrogen-bond donors (Lipinski definition) is 1. The van der Waals surface area contributed by atoms with Crippen molar-refractivity contribution in [3.8, 4) is 6.07 Å². The summed E-state index contributed by atoms with van der Waals surface area (Å²) in [5.74, 6) is -1.78. The number of nitrogens with zero attached hydrogens (tertiary/aromatic N) is 1. The maximum Gasteiger partial charge on any atom is 0.313 e. The van der Waals surface area contributed by atoms with E-state index in [4.69, 9.17) is 9.47 Å². The van der Waals surface area contributed by atoms with Gasteiger partial charge in [-0.3, -0.25) is 14.4 Å². The van der Waals surface area contributed by atoms with E-state index < -0.39 is 56.3 Å². The van der Waals surface area contributed by atoms with Crippen molar-refractivity contribution in [1.29, 1.82) is 5.26 Å². The molecule has 5 fully saturated rings. The maximum atomic E-state index is 14.4. The van der Waals surface area contributed by atoms with E-state index in [0.29, 0.717) is 32.1 Å². The smallest absolute Gasteiger partial charge is 0.313 e. The molecule has 10 atom stereocenters. The lowest BCUT2D eigenvalue weighted by Gasteiger charge is -2.68. The molecule has 6 rings (SSSR count). The number of Topliss-reactive ketones (excluding diaryl/α,β-unsaturated/α-hetero) is 1. The first kappa shape index (κ1) is 26.2. The molecule has 1 spiro atoms. The first-order valence-corrected chi connectivity index (χ1v) is 14.2. The third kappa shape index (κ3) is 2.44. The van der Waals surface area contributed by atoms with Crippen LogP contribution >= 0.6 is 0 Å². The van der Waals surface area contributed by atoms with Gasteiger partial charge in [0.15, 0.2) is 11.4 Å². The predicted octanol–water partition coefficient (Wildman–Crippen LogP) is 4.46. The number of epoxide rings is 1. The Balaban J connectivity index is 1.51. The van der Waals surface area contributed by atoms with Gasteiger partial charge in [-0.2, -0.15) is 5.26 Å². The SMILES string of the molecule is CC1[C@]2(CCC(C)(C)C)CC[C@@]3(C)[C@]4(C)CC[C@@H]5[C@@](C)(C4=CC(=O)[C@]13OC2=O)[C@H]1O[C@@]1(C#N)C(=O)[C@@]5(C)O. The average Bonchev–Trinajstić information content (AvgIpc) is 3.55. The Bertz CT molecular complexity index is 1270. The minimum absolute atomic E-state index is 0.0563. The van der Waals surface area contributed by atoms with Crippen LogP contribution in [0, 0.1) is 50.2 Å². The zero-order valence-corrected chi connectivity index (χ0v) is 24.0. The third-order valence-corrected chi connectivity index (χ3v) is 12.8. The molecular formula is C31H41NO6. The molecule has 2 aliphatic heterocycles. The Morgan fingerprint density at radius 2 is 1.76 bits per heavy atom. The summed E-state index contributed by atoms with van der Waals surface area (Å²) in [7, 11) is 0. The number of ketones is 2. The number of carbonyl (C=O) groups excluding carboxylic acids is 3. The van der Waals surface area contributed by atoms with Crippen LogP contribution in [0.2, 0.25) is 0 Å². The number of ether oxygens (including phenoxy) is 2. The fourth-order valence-electron chi connectivity index (χ4n) is 10.2. The fourth-order valence-corrected chi connectivity index (χ4v) is 10.2. The monoisotopic (exact) mass is 523 g/mol. The van der Waals surface area contributed by atoms with Gasteiger partial charge in [0.25, 0.3) is 0 Å². The van der Waals surface area contributed by atoms with Gasteiger partial charge in [-0.05, 0) is 62.4 Å². The molecule has 0 aromatic heterocycles. The van der Waals surface area contributed by atoms with Crippen LogP contribution in [0.3, 0.4) is 0 Å². The Labute approximate surface area is 225 Å². The van der Waals surface area contributed by atoms with E-state index in [-0.39, 0.29) is 23.1 Å². The third-order valence-electron chi connectivity index (χ3n) is 12.8. The van der Waals surface area contributed by atoms with Crippen molar-refractivity contribution >= 4 is 17.5 Å². The Kier molecular flexibility index (Phi) is 4.69. The van der Waals surface area contributed by atoms with Gasteiger partial charge in [0.05, 0.1) is 5.41 Å². The van der Waals surface area contributed by atoms with Gasteiger partial charge in [-0.1, -0.05) is 54.0 Å². The van der Waals surface area contributed by atoms with E-state index in [1.54, 1.807) is 6.08 Å². The van der Waals surface area contributed by atoms with Crippen LogP contribution < -0.4 is 0 Å². The Morgan fingerprint density at radius 1 is 1.11 bits per heavy atom. The minimum Gasteiger partial charge on any atom is -0.449 e. The second-order valence-electron chi connectivity index (χ2n) is 15.3. The molecule has 0 aromatic rings. The van der Waals surface area contributed by atoms with Crippen LogP contribution in [0.4, 0.5) is 0 Å². The lowest BCUT2D eigenvalue weighted by Crippen LogP contribution is -2.72. The highest BCUT2D eigenvalue weighted by Gasteiger charge is 2.86. The van der Waals surface area contributed by atoms with Crippen LogP contribution in [-0.4, -0.2) is 45.5 Å². The van der Waals surface area contributed by atoms with Crippen LogP contribution in [0.1, 0.15) is 93.9 Å². The average molecular weight is 524 g/mol. The van der Waals surface area contributed by atoms with Gasteiger partial charge in [0, 0.05) is 22.7 Å². The molecule has 6 aliphatic rings. The van der Waals surface area contributed by atoms with Crippen LogP contribution in [0.5, 0.6) is 0 Å². The second-order valence-corrected chi connectivity index (χ2v) is 15.3. The van der Waals surface area contributed by atoms with Gasteiger partial charge in [-0.25, -0.2) is 0 Å². The Hall–Kier alpha value is -2.04. The second kappa shape index (κ2) is 6.81. The number of esters is 1. The summed E-state index contributed by atoms with van der Waals surface area (Å²) < 4.78 is 12.3. The van der Waals surface area contributed by atoms with Gasteiger partial charge < -0.3 is 14.6 Å². The molecule has 2 heterocycles. The van der Waals surface area contributed by atoms with Crippen molar-refractivity contribution in [2.45, 2.75) is 117 Å². The first-order chi connectivity index (χ1) is 17.4. The van der Waals surface area contributed by atoms with Crippen molar-refractivity contribution < 1.29 is 29.0 Å². The van der Waals surface area contributed by atoms with Crippen LogP contribution in [0.25, 0.3) is 0 Å². The van der Waals surface area contributed by atoms with Crippen molar-refractivity contribution in [3.05, 3.63) is 11.6 Å². The van der Waals surface area contributed by atoms with Crippen LogP contribution in [-0.2, 0) is 23.9 Å². The van der Waals surface area contributed by atoms with Crippen molar-refractivity contribution in [3.63, 3.8) is 0 Å². The summed E-state index contributed by atoms with van der Waals surface area (Å²) in [6.07, 6.45) is 5.02. The number of nitriles is 1. The highest BCUT2D eigenvalue weighted by molar-refractivity contribution is 6.06. The van der Waals surface area contributed by atoms with E-state index in [1.807, 2.05) is 13.8 Å². The summed E-state index contributed by atoms with van der Waals surface area (Å²) in [4.78, 5) is 41.4. The fraction of sp³-hybridized carbons (Fsp3) is 0.806.